The zero-order valence-electron chi connectivity index (χ0n) is 11.3. The maximum atomic E-state index is 11.1. The van der Waals surface area contributed by atoms with Crippen LogP contribution in [0.1, 0.15) is 23.5 Å². The van der Waals surface area contributed by atoms with Crippen molar-refractivity contribution in [2.24, 2.45) is 0 Å². The molecule has 0 saturated carbocycles. The Bertz CT molecular complexity index is 669. The molecule has 105 valence electrons. The van der Waals surface area contributed by atoms with Gasteiger partial charge in [0.25, 0.3) is 0 Å². The Hall–Kier alpha value is -1.23. The first-order chi connectivity index (χ1) is 9.70. The Morgan fingerprint density at radius 1 is 1.10 bits per heavy atom. The van der Waals surface area contributed by atoms with Gasteiger partial charge < -0.3 is 14.9 Å². The zero-order chi connectivity index (χ0) is 14.1. The average molecular weight is 359 g/mol. The molecule has 0 aromatic heterocycles. The number of aliphatic carboxylic acids is 1. The second-order valence-corrected chi connectivity index (χ2v) is 4.76. The van der Waals surface area contributed by atoms with Gasteiger partial charge in [0.15, 0.2) is 6.79 Å². The predicted octanol–water partition coefficient (Wildman–Crippen LogP) is 2.60. The number of aliphatic hydroxyl groups is 1. The predicted molar refractivity (Wildman–Crippen MR) is 73.7 cm³/mol. The van der Waals surface area contributed by atoms with E-state index in [1.165, 1.54) is 0 Å². The van der Waals surface area contributed by atoms with Gasteiger partial charge in [0.2, 0.25) is 0 Å². The van der Waals surface area contributed by atoms with Crippen molar-refractivity contribution >= 4 is 5.97 Å². The topological polar surface area (TPSA) is 66.8 Å². The molecule has 1 radical (unpaired) electrons. The number of rotatable bonds is 4. The zero-order valence-corrected chi connectivity index (χ0v) is 14.2. The van der Waals surface area contributed by atoms with Gasteiger partial charge in [0.05, 0.1) is 6.42 Å². The number of ether oxygens (including phenoxy) is 1. The van der Waals surface area contributed by atoms with Gasteiger partial charge in [0.1, 0.15) is 5.75 Å². The van der Waals surface area contributed by atoms with E-state index in [-0.39, 0.29) is 45.0 Å². The van der Waals surface area contributed by atoms with Crippen molar-refractivity contribution < 1.29 is 52.5 Å². The van der Waals surface area contributed by atoms with Gasteiger partial charge in [0, 0.05) is 38.6 Å². The van der Waals surface area contributed by atoms with Crippen LogP contribution in [0.2, 0.25) is 0 Å². The average Bonchev–Trinajstić information content (AvgIpc) is 2.73. The first-order valence-corrected chi connectivity index (χ1v) is 6.39. The quantitative estimate of drug-likeness (QED) is 0.824. The molecule has 5 heteroatoms. The van der Waals surface area contributed by atoms with Crippen LogP contribution in [0, 0.1) is 0 Å². The molecule has 1 aliphatic carbocycles. The van der Waals surface area contributed by atoms with Crippen molar-refractivity contribution in [1.82, 2.24) is 0 Å². The number of benzene rings is 2. The molecule has 1 aliphatic rings. The fourth-order valence-electron chi connectivity index (χ4n) is 2.85. The summed E-state index contributed by atoms with van der Waals surface area (Å²) in [6.45, 7) is -0.394. The molecule has 21 heavy (non-hydrogen) atoms. The largest absolute Gasteiger partial charge is 0.481 e. The van der Waals surface area contributed by atoms with Gasteiger partial charge in [-0.2, -0.15) is 0 Å². The summed E-state index contributed by atoms with van der Waals surface area (Å²) in [5, 5.41) is 18.0. The Kier molecular flexibility index (Phi) is 5.15. The molecule has 1 atom stereocenters. The van der Waals surface area contributed by atoms with Crippen LogP contribution in [-0.2, 0) is 37.5 Å². The summed E-state index contributed by atoms with van der Waals surface area (Å²) in [6.07, 6.45) is 0.0482. The molecule has 1 unspecified atom stereocenters. The van der Waals surface area contributed by atoms with Crippen LogP contribution in [0.15, 0.2) is 42.5 Å². The molecule has 0 amide bonds. The van der Waals surface area contributed by atoms with Crippen LogP contribution in [0.3, 0.4) is 0 Å². The van der Waals surface area contributed by atoms with Crippen LogP contribution in [-0.4, -0.2) is 23.0 Å². The number of hydrogen-bond donors (Lipinski definition) is 2. The molecule has 3 rings (SSSR count). The molecule has 2 aromatic rings. The third-order valence-electron chi connectivity index (χ3n) is 3.63. The van der Waals surface area contributed by atoms with E-state index >= 15 is 0 Å². The van der Waals surface area contributed by atoms with Gasteiger partial charge in [-0.15, -0.1) is 0 Å². The Morgan fingerprint density at radius 2 is 1.81 bits per heavy atom. The Labute approximate surface area is 147 Å². The van der Waals surface area contributed by atoms with Crippen molar-refractivity contribution in [2.45, 2.75) is 12.3 Å². The summed E-state index contributed by atoms with van der Waals surface area (Å²) < 4.78 is 5.09. The van der Waals surface area contributed by atoms with Crippen LogP contribution < -0.4 is 4.74 Å². The summed E-state index contributed by atoms with van der Waals surface area (Å²) in [6, 6.07) is 13.4. The second-order valence-electron chi connectivity index (χ2n) is 4.76. The molecule has 0 spiro atoms. The summed E-state index contributed by atoms with van der Waals surface area (Å²) >= 11 is 0. The SMILES string of the molecule is O=C(O)CC1c2ccccc2-c2ccc(OCO)cc21.[Y]. The molecule has 0 bridgehead atoms. The van der Waals surface area contributed by atoms with Crippen LogP contribution >= 0.6 is 0 Å². The van der Waals surface area contributed by atoms with Crippen molar-refractivity contribution in [3.8, 4) is 16.9 Å². The Balaban J connectivity index is 0.00000161. The minimum Gasteiger partial charge on any atom is -0.481 e. The number of fused-ring (bicyclic) bond motifs is 3. The van der Waals surface area contributed by atoms with Gasteiger partial charge >= 0.3 is 5.97 Å². The number of carboxylic acids is 1. The summed E-state index contributed by atoms with van der Waals surface area (Å²) in [5.74, 6) is -0.443. The fourth-order valence-corrected chi connectivity index (χ4v) is 2.85. The van der Waals surface area contributed by atoms with E-state index in [2.05, 4.69) is 0 Å². The monoisotopic (exact) mass is 359 g/mol. The third-order valence-corrected chi connectivity index (χ3v) is 3.63. The van der Waals surface area contributed by atoms with Crippen molar-refractivity contribution in [2.75, 3.05) is 6.79 Å². The van der Waals surface area contributed by atoms with E-state index in [1.807, 2.05) is 36.4 Å². The van der Waals surface area contributed by atoms with Crippen molar-refractivity contribution in [3.05, 3.63) is 53.6 Å². The summed E-state index contributed by atoms with van der Waals surface area (Å²) in [7, 11) is 0. The smallest absolute Gasteiger partial charge is 0.304 e. The molecule has 4 nitrogen and oxygen atoms in total. The first-order valence-electron chi connectivity index (χ1n) is 6.39. The molecule has 2 N–H and O–H groups in total. The molecule has 0 saturated heterocycles. The normalized spacial score (nSPS) is 14.8. The fraction of sp³-hybridized carbons (Fsp3) is 0.188. The Morgan fingerprint density at radius 3 is 2.52 bits per heavy atom. The maximum absolute atomic E-state index is 11.1. The van der Waals surface area contributed by atoms with Gasteiger partial charge in [-0.25, -0.2) is 0 Å². The van der Waals surface area contributed by atoms with Crippen LogP contribution in [0.25, 0.3) is 11.1 Å². The van der Waals surface area contributed by atoms with E-state index in [0.717, 1.165) is 22.3 Å². The van der Waals surface area contributed by atoms with Crippen molar-refractivity contribution in [3.63, 3.8) is 0 Å². The van der Waals surface area contributed by atoms with E-state index < -0.39 is 12.8 Å². The van der Waals surface area contributed by atoms with E-state index in [1.54, 1.807) is 6.07 Å². The van der Waals surface area contributed by atoms with E-state index in [4.69, 9.17) is 14.9 Å². The van der Waals surface area contributed by atoms with E-state index in [9.17, 15) is 4.79 Å². The molecule has 0 fully saturated rings. The molecule has 2 aromatic carbocycles. The minimum atomic E-state index is -0.828. The molecular formula is C16H14O4Y. The van der Waals surface area contributed by atoms with Crippen LogP contribution in [0.4, 0.5) is 0 Å². The molecule has 0 heterocycles. The van der Waals surface area contributed by atoms with Crippen molar-refractivity contribution in [1.29, 1.82) is 0 Å². The number of carbonyl (C=O) groups is 1. The van der Waals surface area contributed by atoms with Gasteiger partial charge in [-0.3, -0.25) is 4.79 Å². The third kappa shape index (κ3) is 3.03. The standard InChI is InChI=1S/C16H14O4.Y/c17-9-20-10-5-6-13-11-3-1-2-4-12(11)15(8-16(18)19)14(13)7-10;/h1-7,15,17H,8-9H2,(H,18,19);. The summed E-state index contributed by atoms with van der Waals surface area (Å²) in [5.41, 5.74) is 4.09. The number of carboxylic acid groups (broad SMARTS) is 1. The first kappa shape index (κ1) is 16.1. The summed E-state index contributed by atoms with van der Waals surface area (Å²) in [4.78, 5) is 11.1. The van der Waals surface area contributed by atoms with E-state index in [0.29, 0.717) is 5.75 Å². The number of aliphatic hydroxyl groups excluding tert-OH is 1. The maximum Gasteiger partial charge on any atom is 0.304 e. The van der Waals surface area contributed by atoms with Gasteiger partial charge in [-0.1, -0.05) is 30.3 Å². The van der Waals surface area contributed by atoms with Crippen LogP contribution in [0.5, 0.6) is 5.75 Å². The second kappa shape index (κ2) is 6.69. The molecular weight excluding hydrogens is 345 g/mol. The minimum absolute atomic E-state index is 0. The number of hydrogen-bond acceptors (Lipinski definition) is 3. The van der Waals surface area contributed by atoms with Gasteiger partial charge in [-0.05, 0) is 34.4 Å². The molecule has 0 aliphatic heterocycles.